The molecule has 4 saturated heterocycles. The molecule has 4 fully saturated rings. The van der Waals surface area contributed by atoms with Crippen molar-refractivity contribution in [1.82, 2.24) is 10.0 Å². The minimum absolute atomic E-state index is 0.867. The van der Waals surface area contributed by atoms with Crippen LogP contribution in [0.15, 0.2) is 0 Å². The first-order valence-electron chi connectivity index (χ1n) is 19.9. The SMILES string of the molecule is CC(=O)N[C@H]1[C@@H](O[C@H]([C@@H](O)[C@H](O)CO)[C@@H](O)C(=O)O)O[C@H](CO)[C@@H](O[C@@H]2O[C@@H](C(=O)O)[C@@H](O[C@H]3O[C@H](CO)[C@@H](O[C@@H]4O[C@@H](C(=O)O)[C@@H](O)[C@H](O)[C@H]4OS(=O)(=O)O)[C@H](O)[C@H]3NS(=O)(=O)O)[C@H](O)[C@H]2O)[C@@H]1O. The number of amides is 1. The highest BCUT2D eigenvalue weighted by Crippen LogP contribution is 2.36. The van der Waals surface area contributed by atoms with E-state index in [9.17, 15) is 122 Å². The molecular formula is C32H52N2O34S2. The topological polar surface area (TPSA) is 588 Å². The number of carbonyl (C=O) groups excluding carboxylic acids is 1. The van der Waals surface area contributed by atoms with Gasteiger partial charge in [0.1, 0.15) is 97.5 Å². The third kappa shape index (κ3) is 14.1. The summed E-state index contributed by atoms with van der Waals surface area (Å²) in [6, 6.07) is -4.52. The predicted molar refractivity (Wildman–Crippen MR) is 205 cm³/mol. The van der Waals surface area contributed by atoms with Gasteiger partial charge < -0.3 is 120 Å². The van der Waals surface area contributed by atoms with E-state index in [2.05, 4.69) is 9.50 Å². The van der Waals surface area contributed by atoms with Crippen molar-refractivity contribution in [2.75, 3.05) is 19.8 Å². The van der Waals surface area contributed by atoms with Crippen LogP contribution in [-0.4, -0.2) is 293 Å². The van der Waals surface area contributed by atoms with E-state index in [0.29, 0.717) is 0 Å². The Morgan fingerprint density at radius 3 is 1.56 bits per heavy atom. The highest BCUT2D eigenvalue weighted by atomic mass is 32.3. The summed E-state index contributed by atoms with van der Waals surface area (Å²) in [4.78, 5) is 48.2. The molecule has 0 saturated carbocycles. The smallest absolute Gasteiger partial charge is 0.397 e. The van der Waals surface area contributed by atoms with Crippen molar-refractivity contribution >= 4 is 44.5 Å². The molecular weight excluding hydrogens is 1020 g/mol. The number of aliphatic hydroxyl groups excluding tert-OH is 12. The number of rotatable bonds is 22. The van der Waals surface area contributed by atoms with Crippen LogP contribution in [0.2, 0.25) is 0 Å². The van der Waals surface area contributed by atoms with Gasteiger partial charge in [-0.3, -0.25) is 13.9 Å². The highest BCUT2D eigenvalue weighted by Gasteiger charge is 2.59. The van der Waals surface area contributed by atoms with Crippen LogP contribution in [0.25, 0.3) is 0 Å². The van der Waals surface area contributed by atoms with Crippen LogP contribution in [0.1, 0.15) is 6.92 Å². The molecule has 4 rings (SSSR count). The quantitative estimate of drug-likeness (QED) is 0.0448. The van der Waals surface area contributed by atoms with Gasteiger partial charge in [0.2, 0.25) is 5.91 Å². The Balaban J connectivity index is 1.63. The van der Waals surface area contributed by atoms with Crippen LogP contribution in [-0.2, 0) is 82.0 Å². The molecule has 4 heterocycles. The van der Waals surface area contributed by atoms with E-state index in [-0.39, 0.29) is 0 Å². The van der Waals surface area contributed by atoms with Gasteiger partial charge in [0, 0.05) is 6.92 Å². The summed E-state index contributed by atoms with van der Waals surface area (Å²) >= 11 is 0. The first kappa shape index (κ1) is 59.4. The van der Waals surface area contributed by atoms with E-state index in [1.54, 1.807) is 0 Å². The van der Waals surface area contributed by atoms with Gasteiger partial charge in [0.05, 0.1) is 19.8 Å². The lowest BCUT2D eigenvalue weighted by Crippen LogP contribution is -2.70. The second-order valence-electron chi connectivity index (χ2n) is 15.7. The molecule has 4 aliphatic heterocycles. The van der Waals surface area contributed by atoms with Gasteiger partial charge in [-0.05, 0) is 0 Å². The number of carboxylic acids is 3. The van der Waals surface area contributed by atoms with Crippen molar-refractivity contribution in [3.63, 3.8) is 0 Å². The zero-order valence-electron chi connectivity index (χ0n) is 35.3. The number of hydrogen-bond donors (Lipinski definition) is 19. The number of nitrogens with one attached hydrogen (secondary N) is 2. The summed E-state index contributed by atoms with van der Waals surface area (Å²) in [6.45, 7) is -2.95. The molecule has 0 aromatic heterocycles. The fraction of sp³-hybridized carbons (Fsp3) is 0.875. The minimum Gasteiger partial charge on any atom is -0.479 e. The lowest BCUT2D eigenvalue weighted by atomic mass is 9.94. The third-order valence-electron chi connectivity index (χ3n) is 10.8. The average Bonchev–Trinajstić information content (AvgIpc) is 3.26. The van der Waals surface area contributed by atoms with Crippen LogP contribution in [0.4, 0.5) is 0 Å². The van der Waals surface area contributed by atoms with Crippen LogP contribution >= 0.6 is 0 Å². The van der Waals surface area contributed by atoms with Crippen LogP contribution in [0.5, 0.6) is 0 Å². The van der Waals surface area contributed by atoms with Crippen LogP contribution < -0.4 is 10.0 Å². The van der Waals surface area contributed by atoms with Gasteiger partial charge in [0.25, 0.3) is 0 Å². The number of aliphatic hydroxyl groups is 12. The Labute approximate surface area is 391 Å². The maximum Gasteiger partial charge on any atom is 0.397 e. The van der Waals surface area contributed by atoms with Crippen molar-refractivity contribution in [2.24, 2.45) is 0 Å². The fourth-order valence-corrected chi connectivity index (χ4v) is 8.59. The minimum atomic E-state index is -5.62. The van der Waals surface area contributed by atoms with Crippen molar-refractivity contribution < 1.29 is 164 Å². The zero-order valence-corrected chi connectivity index (χ0v) is 37.0. The Hall–Kier alpha value is -3.18. The summed E-state index contributed by atoms with van der Waals surface area (Å²) < 4.78 is 115. The van der Waals surface area contributed by atoms with Gasteiger partial charge in [0.15, 0.2) is 49.6 Å². The second kappa shape index (κ2) is 24.2. The Morgan fingerprint density at radius 1 is 0.600 bits per heavy atom. The Kier molecular flexibility index (Phi) is 20.6. The Morgan fingerprint density at radius 2 is 1.09 bits per heavy atom. The maximum atomic E-state index is 12.6. The van der Waals surface area contributed by atoms with E-state index in [4.69, 9.17) is 37.9 Å². The molecule has 0 aliphatic carbocycles. The molecule has 19 N–H and O–H groups in total. The summed E-state index contributed by atoms with van der Waals surface area (Å²) in [6.07, 6.45) is -53.5. The highest BCUT2D eigenvalue weighted by molar-refractivity contribution is 7.83. The molecule has 1 amide bonds. The second-order valence-corrected chi connectivity index (χ2v) is 17.9. The van der Waals surface area contributed by atoms with Crippen molar-refractivity contribution in [3.05, 3.63) is 0 Å². The molecule has 406 valence electrons. The summed E-state index contributed by atoms with van der Waals surface area (Å²) in [5, 5.41) is 158. The average molecular weight is 1070 g/mol. The zero-order chi connectivity index (χ0) is 53.1. The number of hydrogen-bond acceptors (Lipinski definition) is 29. The molecule has 0 unspecified atom stereocenters. The predicted octanol–water partition coefficient (Wildman–Crippen LogP) is -12.6. The van der Waals surface area contributed by atoms with Crippen LogP contribution in [0.3, 0.4) is 0 Å². The van der Waals surface area contributed by atoms with E-state index in [1.165, 1.54) is 4.72 Å². The first-order valence-corrected chi connectivity index (χ1v) is 22.7. The molecule has 38 heteroatoms. The van der Waals surface area contributed by atoms with Gasteiger partial charge in [-0.2, -0.15) is 21.6 Å². The van der Waals surface area contributed by atoms with E-state index >= 15 is 0 Å². The largest absolute Gasteiger partial charge is 0.479 e. The maximum absolute atomic E-state index is 12.6. The van der Waals surface area contributed by atoms with Crippen molar-refractivity contribution in [2.45, 2.75) is 154 Å². The normalized spacial score (nSPS) is 40.3. The van der Waals surface area contributed by atoms with Crippen LogP contribution in [0, 0.1) is 0 Å². The molecule has 0 spiro atoms. The number of carboxylic acid groups (broad SMARTS) is 3. The Bertz CT molecular complexity index is 2020. The molecule has 70 heavy (non-hydrogen) atoms. The number of ether oxygens (including phenoxy) is 8. The summed E-state index contributed by atoms with van der Waals surface area (Å²) in [7, 11) is -11.2. The standard InChI is InChI=1S/C32H52N2O34S2/c1-5(38)33-9-12(41)19(7(3-36)60-29(9)64-21(18(47)26(48)49)11(40)6(39)2-35)62-31-17(46)16(45)22(25(67-31)28(52)53)65-30-10(34-69(54,55)56)13(42)20(8(4-37)61-30)63-32-24(68-70(57,58)59)15(44)14(43)23(66-32)27(50)51/h6-25,29-32,34-37,39-47H,2-4H2,1H3,(H,33,38)(H,48,49)(H,50,51)(H,52,53)(H,54,55,56)(H,57,58,59)/t6-,7-,8-,9-,10-,11+,12-,13-,14+,15+,16-,17-,18-,19-,20-,21-,22+,23-,24-,25-,29-,30-,31-,32-/m1/s1. The van der Waals surface area contributed by atoms with Gasteiger partial charge in [-0.25, -0.2) is 18.6 Å². The first-order chi connectivity index (χ1) is 32.4. The molecule has 0 bridgehead atoms. The molecule has 24 atom stereocenters. The summed E-state index contributed by atoms with van der Waals surface area (Å²) in [5.41, 5.74) is 0. The molecule has 0 aromatic rings. The molecule has 0 radical (unpaired) electrons. The van der Waals surface area contributed by atoms with E-state index < -0.39 is 211 Å². The third-order valence-corrected chi connectivity index (χ3v) is 11.9. The fourth-order valence-electron chi connectivity index (χ4n) is 7.51. The monoisotopic (exact) mass is 1070 g/mol. The lowest BCUT2D eigenvalue weighted by Gasteiger charge is -2.49. The number of carbonyl (C=O) groups is 4. The summed E-state index contributed by atoms with van der Waals surface area (Å²) in [5.74, 6) is -7.18. The van der Waals surface area contributed by atoms with Gasteiger partial charge >= 0.3 is 38.6 Å². The van der Waals surface area contributed by atoms with E-state index in [0.717, 1.165) is 6.92 Å². The van der Waals surface area contributed by atoms with E-state index in [1.807, 2.05) is 0 Å². The molecule has 4 aliphatic rings. The molecule has 36 nitrogen and oxygen atoms in total. The van der Waals surface area contributed by atoms with Crippen molar-refractivity contribution in [3.8, 4) is 0 Å². The van der Waals surface area contributed by atoms with Gasteiger partial charge in [-0.15, -0.1) is 0 Å². The lowest BCUT2D eigenvalue weighted by molar-refractivity contribution is -0.372. The van der Waals surface area contributed by atoms with Crippen molar-refractivity contribution in [1.29, 1.82) is 0 Å². The van der Waals surface area contributed by atoms with Gasteiger partial charge in [-0.1, -0.05) is 0 Å². The number of aliphatic carboxylic acids is 3. The molecule has 0 aromatic carbocycles.